The van der Waals surface area contributed by atoms with Crippen LogP contribution in [0.2, 0.25) is 0 Å². The number of carbonyl (C=O) groups excluding carboxylic acids is 1. The number of hydrogen-bond acceptors (Lipinski definition) is 2. The van der Waals surface area contributed by atoms with E-state index in [1.807, 2.05) is 0 Å². The number of halogens is 4. The van der Waals surface area contributed by atoms with Crippen molar-refractivity contribution in [2.75, 3.05) is 13.2 Å². The third-order valence-electron chi connectivity index (χ3n) is 3.31. The van der Waals surface area contributed by atoms with Crippen molar-refractivity contribution in [3.05, 3.63) is 33.8 Å². The molecule has 0 aromatic heterocycles. The maximum Gasteiger partial charge on any atom is 0.416 e. The Balaban J connectivity index is 1.97. The molecule has 1 aromatic carbocycles. The quantitative estimate of drug-likeness (QED) is 0.881. The zero-order valence-electron chi connectivity index (χ0n) is 11.2. The van der Waals surface area contributed by atoms with Crippen LogP contribution in [0.5, 0.6) is 0 Å². The number of benzene rings is 1. The van der Waals surface area contributed by atoms with Crippen molar-refractivity contribution in [3.8, 4) is 0 Å². The summed E-state index contributed by atoms with van der Waals surface area (Å²) in [5.74, 6) is -0.522. The number of carbonyl (C=O) groups is 1. The van der Waals surface area contributed by atoms with Crippen molar-refractivity contribution < 1.29 is 22.7 Å². The maximum atomic E-state index is 12.7. The number of nitrogens with one attached hydrogen (secondary N) is 1. The summed E-state index contributed by atoms with van der Waals surface area (Å²) in [6, 6.07) is 3.02. The highest BCUT2D eigenvalue weighted by Gasteiger charge is 2.31. The Labute approximate surface area is 129 Å². The monoisotopic (exact) mass is 365 g/mol. The van der Waals surface area contributed by atoms with Crippen molar-refractivity contribution in [3.63, 3.8) is 0 Å². The molecule has 1 unspecified atom stereocenters. The average Bonchev–Trinajstić information content (AvgIpc) is 2.91. The van der Waals surface area contributed by atoms with Gasteiger partial charge in [0, 0.05) is 17.6 Å². The SMILES string of the molecule is O=C(NCCC1CCCO1)c1cc(C(F)(F)F)ccc1Br. The minimum Gasteiger partial charge on any atom is -0.378 e. The first-order valence-electron chi connectivity index (χ1n) is 6.64. The highest BCUT2D eigenvalue weighted by Crippen LogP contribution is 2.31. The lowest BCUT2D eigenvalue weighted by atomic mass is 10.1. The molecule has 7 heteroatoms. The van der Waals surface area contributed by atoms with Gasteiger partial charge in [0.1, 0.15) is 0 Å². The summed E-state index contributed by atoms with van der Waals surface area (Å²) >= 11 is 3.10. The first-order valence-corrected chi connectivity index (χ1v) is 7.44. The van der Waals surface area contributed by atoms with Crippen LogP contribution in [0.1, 0.15) is 35.2 Å². The van der Waals surface area contributed by atoms with Gasteiger partial charge in [-0.1, -0.05) is 0 Å². The molecule has 1 heterocycles. The molecule has 1 saturated heterocycles. The number of alkyl halides is 3. The molecule has 1 amide bonds. The molecule has 3 nitrogen and oxygen atoms in total. The third-order valence-corrected chi connectivity index (χ3v) is 4.01. The molecule has 2 rings (SSSR count). The number of ether oxygens (including phenoxy) is 1. The van der Waals surface area contributed by atoms with Gasteiger partial charge in [-0.3, -0.25) is 4.79 Å². The van der Waals surface area contributed by atoms with E-state index in [-0.39, 0.29) is 11.7 Å². The minimum atomic E-state index is -4.46. The van der Waals surface area contributed by atoms with Gasteiger partial charge in [0.05, 0.1) is 17.2 Å². The van der Waals surface area contributed by atoms with Gasteiger partial charge in [0.2, 0.25) is 0 Å². The van der Waals surface area contributed by atoms with Crippen LogP contribution in [0.15, 0.2) is 22.7 Å². The first kappa shape index (κ1) is 16.3. The molecule has 0 saturated carbocycles. The molecule has 1 aromatic rings. The fraction of sp³-hybridized carbons (Fsp3) is 0.500. The van der Waals surface area contributed by atoms with Crippen LogP contribution in [0.25, 0.3) is 0 Å². The lowest BCUT2D eigenvalue weighted by Gasteiger charge is -2.12. The summed E-state index contributed by atoms with van der Waals surface area (Å²) in [6.07, 6.45) is -1.69. The van der Waals surface area contributed by atoms with Crippen molar-refractivity contribution in [1.82, 2.24) is 5.32 Å². The Hall–Kier alpha value is -1.08. The first-order chi connectivity index (χ1) is 9.88. The zero-order valence-corrected chi connectivity index (χ0v) is 12.8. The molecular weight excluding hydrogens is 351 g/mol. The Bertz CT molecular complexity index is 513. The van der Waals surface area contributed by atoms with E-state index in [0.717, 1.165) is 31.6 Å². The zero-order chi connectivity index (χ0) is 15.5. The molecule has 1 aliphatic rings. The largest absolute Gasteiger partial charge is 0.416 e. The fourth-order valence-electron chi connectivity index (χ4n) is 2.19. The van der Waals surface area contributed by atoms with E-state index < -0.39 is 17.6 Å². The van der Waals surface area contributed by atoms with E-state index in [1.54, 1.807) is 0 Å². The van der Waals surface area contributed by atoms with Gasteiger partial charge in [0.25, 0.3) is 5.91 Å². The highest BCUT2D eigenvalue weighted by atomic mass is 79.9. The number of amides is 1. The van der Waals surface area contributed by atoms with Gasteiger partial charge in [-0.2, -0.15) is 13.2 Å². The van der Waals surface area contributed by atoms with E-state index in [0.29, 0.717) is 17.4 Å². The van der Waals surface area contributed by atoms with E-state index in [1.165, 1.54) is 6.07 Å². The fourth-order valence-corrected chi connectivity index (χ4v) is 2.62. The molecule has 0 radical (unpaired) electrons. The normalized spacial score (nSPS) is 18.8. The van der Waals surface area contributed by atoms with E-state index >= 15 is 0 Å². The van der Waals surface area contributed by atoms with Crippen molar-refractivity contribution in [2.24, 2.45) is 0 Å². The lowest BCUT2D eigenvalue weighted by Crippen LogP contribution is -2.27. The number of hydrogen-bond donors (Lipinski definition) is 1. The summed E-state index contributed by atoms with van der Waals surface area (Å²) in [5.41, 5.74) is -0.854. The summed E-state index contributed by atoms with van der Waals surface area (Å²) in [6.45, 7) is 1.12. The van der Waals surface area contributed by atoms with Crippen LogP contribution in [-0.4, -0.2) is 25.2 Å². The molecule has 0 aliphatic carbocycles. The Kier molecular flexibility index (Phi) is 5.27. The van der Waals surface area contributed by atoms with Gasteiger partial charge in [-0.25, -0.2) is 0 Å². The second-order valence-electron chi connectivity index (χ2n) is 4.87. The van der Waals surface area contributed by atoms with Gasteiger partial charge in [0.15, 0.2) is 0 Å². The second kappa shape index (κ2) is 6.79. The van der Waals surface area contributed by atoms with Crippen LogP contribution in [0.3, 0.4) is 0 Å². The third kappa shape index (κ3) is 4.44. The summed E-state index contributed by atoms with van der Waals surface area (Å²) in [4.78, 5) is 12.0. The molecule has 1 N–H and O–H groups in total. The lowest BCUT2D eigenvalue weighted by molar-refractivity contribution is -0.137. The molecule has 0 bridgehead atoms. The van der Waals surface area contributed by atoms with Crippen LogP contribution >= 0.6 is 15.9 Å². The van der Waals surface area contributed by atoms with Crippen molar-refractivity contribution in [2.45, 2.75) is 31.5 Å². The molecule has 116 valence electrons. The summed E-state index contributed by atoms with van der Waals surface area (Å²) in [7, 11) is 0. The molecule has 21 heavy (non-hydrogen) atoms. The summed E-state index contributed by atoms with van der Waals surface area (Å²) in [5, 5.41) is 2.63. The van der Waals surface area contributed by atoms with Crippen LogP contribution in [0, 0.1) is 0 Å². The predicted octanol–water partition coefficient (Wildman–Crippen LogP) is 3.77. The van der Waals surface area contributed by atoms with E-state index in [2.05, 4.69) is 21.2 Å². The molecule has 1 fully saturated rings. The van der Waals surface area contributed by atoms with Crippen molar-refractivity contribution >= 4 is 21.8 Å². The highest BCUT2D eigenvalue weighted by molar-refractivity contribution is 9.10. The smallest absolute Gasteiger partial charge is 0.378 e. The van der Waals surface area contributed by atoms with Gasteiger partial charge >= 0.3 is 6.18 Å². The van der Waals surface area contributed by atoms with Crippen LogP contribution < -0.4 is 5.32 Å². The molecular formula is C14H15BrF3NO2. The standard InChI is InChI=1S/C14H15BrF3NO2/c15-12-4-3-9(14(16,17)18)8-11(12)13(20)19-6-5-10-2-1-7-21-10/h3-4,8,10H,1-2,5-7H2,(H,19,20). The molecule has 1 atom stereocenters. The van der Waals surface area contributed by atoms with Crippen LogP contribution in [0.4, 0.5) is 13.2 Å². The molecule has 0 spiro atoms. The van der Waals surface area contributed by atoms with E-state index in [4.69, 9.17) is 4.74 Å². The van der Waals surface area contributed by atoms with Crippen LogP contribution in [-0.2, 0) is 10.9 Å². The Morgan fingerprint density at radius 3 is 2.81 bits per heavy atom. The topological polar surface area (TPSA) is 38.3 Å². The predicted molar refractivity (Wildman–Crippen MR) is 75.1 cm³/mol. The Morgan fingerprint density at radius 2 is 2.19 bits per heavy atom. The minimum absolute atomic E-state index is 0.0165. The summed E-state index contributed by atoms with van der Waals surface area (Å²) < 4.78 is 43.7. The van der Waals surface area contributed by atoms with E-state index in [9.17, 15) is 18.0 Å². The number of rotatable bonds is 4. The average molecular weight is 366 g/mol. The van der Waals surface area contributed by atoms with Crippen molar-refractivity contribution in [1.29, 1.82) is 0 Å². The molecule has 1 aliphatic heterocycles. The Morgan fingerprint density at radius 1 is 1.43 bits per heavy atom. The van der Waals surface area contributed by atoms with Gasteiger partial charge in [-0.15, -0.1) is 0 Å². The van der Waals surface area contributed by atoms with Gasteiger partial charge in [-0.05, 0) is 53.4 Å². The maximum absolute atomic E-state index is 12.7. The van der Waals surface area contributed by atoms with Gasteiger partial charge < -0.3 is 10.1 Å². The second-order valence-corrected chi connectivity index (χ2v) is 5.73.